The molecule has 18 heavy (non-hydrogen) atoms. The van der Waals surface area contributed by atoms with Crippen molar-refractivity contribution in [2.45, 2.75) is 13.8 Å². The molecule has 0 spiro atoms. The van der Waals surface area contributed by atoms with Crippen LogP contribution in [0.1, 0.15) is 13.8 Å². The van der Waals surface area contributed by atoms with Crippen LogP contribution >= 0.6 is 0 Å². The summed E-state index contributed by atoms with van der Waals surface area (Å²) in [5, 5.41) is 17.9. The highest BCUT2D eigenvalue weighted by Crippen LogP contribution is 2.28. The number of nitriles is 2. The number of hydrogen-bond acceptors (Lipinski definition) is 4. The minimum atomic E-state index is -0.494. The first kappa shape index (κ1) is 13.2. The number of anilines is 2. The minimum Gasteiger partial charge on any atom is -0.274 e. The van der Waals surface area contributed by atoms with Gasteiger partial charge in [0.2, 0.25) is 11.8 Å². The second kappa shape index (κ2) is 5.46. The highest BCUT2D eigenvalue weighted by Gasteiger charge is 2.20. The first-order valence-corrected chi connectivity index (χ1v) is 5.02. The van der Waals surface area contributed by atoms with Crippen molar-refractivity contribution in [2.24, 2.45) is 0 Å². The standard InChI is InChI=1S/C12H10N4O2/c1-9(17)15(7-13)11-5-3-4-6-12(11)16(8-14)10(2)18/h3-6H,1-2H3. The molecule has 6 heteroatoms. The van der Waals surface area contributed by atoms with Gasteiger partial charge in [0.15, 0.2) is 12.4 Å². The minimum absolute atomic E-state index is 0.198. The van der Waals surface area contributed by atoms with Gasteiger partial charge in [-0.25, -0.2) is 9.80 Å². The van der Waals surface area contributed by atoms with Crippen LogP contribution < -0.4 is 9.80 Å². The van der Waals surface area contributed by atoms with Crippen molar-refractivity contribution in [3.05, 3.63) is 24.3 Å². The van der Waals surface area contributed by atoms with E-state index < -0.39 is 11.8 Å². The predicted molar refractivity (Wildman–Crippen MR) is 64.0 cm³/mol. The van der Waals surface area contributed by atoms with Crippen molar-refractivity contribution in [1.82, 2.24) is 0 Å². The lowest BCUT2D eigenvalue weighted by atomic mass is 10.2. The van der Waals surface area contributed by atoms with Gasteiger partial charge < -0.3 is 0 Å². The van der Waals surface area contributed by atoms with Crippen LogP contribution in [0.4, 0.5) is 11.4 Å². The van der Waals surface area contributed by atoms with Crippen LogP contribution in [0, 0.1) is 22.9 Å². The number of amides is 2. The summed E-state index contributed by atoms with van der Waals surface area (Å²) in [5.41, 5.74) is 0.397. The molecule has 6 nitrogen and oxygen atoms in total. The number of rotatable bonds is 2. The number of benzene rings is 1. The lowest BCUT2D eigenvalue weighted by Crippen LogP contribution is -2.28. The number of carbonyl (C=O) groups is 2. The maximum absolute atomic E-state index is 11.3. The summed E-state index contributed by atoms with van der Waals surface area (Å²) in [6.45, 7) is 2.45. The summed E-state index contributed by atoms with van der Waals surface area (Å²) >= 11 is 0. The molecular formula is C12H10N4O2. The molecule has 0 aliphatic rings. The maximum Gasteiger partial charge on any atom is 0.237 e. The van der Waals surface area contributed by atoms with Gasteiger partial charge >= 0.3 is 0 Å². The van der Waals surface area contributed by atoms with Gasteiger partial charge in [0.25, 0.3) is 0 Å². The first-order valence-electron chi connectivity index (χ1n) is 5.02. The van der Waals surface area contributed by atoms with Crippen molar-refractivity contribution in [2.75, 3.05) is 9.80 Å². The van der Waals surface area contributed by atoms with Crippen molar-refractivity contribution in [3.8, 4) is 12.4 Å². The topological polar surface area (TPSA) is 88.2 Å². The van der Waals surface area contributed by atoms with Crippen LogP contribution in [0.2, 0.25) is 0 Å². The molecule has 0 saturated carbocycles. The molecule has 0 bridgehead atoms. The van der Waals surface area contributed by atoms with Crippen LogP contribution in [0.5, 0.6) is 0 Å². The molecule has 1 aromatic carbocycles. The van der Waals surface area contributed by atoms with Crippen LogP contribution in [0.25, 0.3) is 0 Å². The second-order valence-electron chi connectivity index (χ2n) is 3.40. The van der Waals surface area contributed by atoms with Crippen LogP contribution in [0.15, 0.2) is 24.3 Å². The molecule has 0 aromatic heterocycles. The molecule has 1 aromatic rings. The fourth-order valence-corrected chi connectivity index (χ4v) is 1.43. The smallest absolute Gasteiger partial charge is 0.237 e. The Kier molecular flexibility index (Phi) is 4.01. The van der Waals surface area contributed by atoms with E-state index >= 15 is 0 Å². The van der Waals surface area contributed by atoms with E-state index in [-0.39, 0.29) is 11.4 Å². The van der Waals surface area contributed by atoms with Crippen molar-refractivity contribution in [3.63, 3.8) is 0 Å². The molecule has 0 N–H and O–H groups in total. The summed E-state index contributed by atoms with van der Waals surface area (Å²) in [6, 6.07) is 6.21. The van der Waals surface area contributed by atoms with Crippen molar-refractivity contribution in [1.29, 1.82) is 10.5 Å². The van der Waals surface area contributed by atoms with Gasteiger partial charge in [0.1, 0.15) is 0 Å². The largest absolute Gasteiger partial charge is 0.274 e. The van der Waals surface area contributed by atoms with E-state index in [4.69, 9.17) is 10.5 Å². The first-order chi connectivity index (χ1) is 8.52. The summed E-state index contributed by atoms with van der Waals surface area (Å²) in [4.78, 5) is 24.3. The normalized spacial score (nSPS) is 8.89. The third-order valence-electron chi connectivity index (χ3n) is 2.19. The quantitative estimate of drug-likeness (QED) is 0.578. The molecule has 0 aliphatic carbocycles. The van der Waals surface area contributed by atoms with E-state index in [0.717, 1.165) is 9.80 Å². The predicted octanol–water partition coefficient (Wildman–Crippen LogP) is 1.35. The van der Waals surface area contributed by atoms with Gasteiger partial charge in [0.05, 0.1) is 11.4 Å². The van der Waals surface area contributed by atoms with Gasteiger partial charge in [-0.2, -0.15) is 10.5 Å². The Bertz CT molecular complexity index is 517. The molecule has 0 saturated heterocycles. The number of hydrogen-bond donors (Lipinski definition) is 0. The SMILES string of the molecule is CC(=O)N(C#N)c1ccccc1N(C#N)C(C)=O. The van der Waals surface area contributed by atoms with Crippen LogP contribution in [0.3, 0.4) is 0 Å². The molecule has 0 aliphatic heterocycles. The lowest BCUT2D eigenvalue weighted by Gasteiger charge is -2.19. The van der Waals surface area contributed by atoms with E-state index in [1.165, 1.54) is 26.0 Å². The maximum atomic E-state index is 11.3. The van der Waals surface area contributed by atoms with Crippen LogP contribution in [-0.2, 0) is 9.59 Å². The summed E-state index contributed by atoms with van der Waals surface area (Å²) < 4.78 is 0. The Labute approximate surface area is 104 Å². The molecule has 0 radical (unpaired) electrons. The van der Waals surface area contributed by atoms with Gasteiger partial charge in [-0.05, 0) is 12.1 Å². The van der Waals surface area contributed by atoms with E-state index in [1.807, 2.05) is 0 Å². The van der Waals surface area contributed by atoms with E-state index in [0.29, 0.717) is 0 Å². The zero-order chi connectivity index (χ0) is 13.7. The monoisotopic (exact) mass is 242 g/mol. The molecule has 0 heterocycles. The van der Waals surface area contributed by atoms with Crippen molar-refractivity contribution >= 4 is 23.2 Å². The van der Waals surface area contributed by atoms with Gasteiger partial charge in [-0.3, -0.25) is 9.59 Å². The van der Waals surface area contributed by atoms with Crippen molar-refractivity contribution < 1.29 is 9.59 Å². The van der Waals surface area contributed by atoms with E-state index in [2.05, 4.69) is 0 Å². The average Bonchev–Trinajstić information content (AvgIpc) is 2.32. The summed E-state index contributed by atoms with van der Waals surface area (Å²) in [7, 11) is 0. The Hall–Kier alpha value is -2.86. The third-order valence-corrected chi connectivity index (χ3v) is 2.19. The lowest BCUT2D eigenvalue weighted by molar-refractivity contribution is -0.116. The molecular weight excluding hydrogens is 232 g/mol. The number of nitrogens with zero attached hydrogens (tertiary/aromatic N) is 4. The Morgan fingerprint density at radius 3 is 1.50 bits per heavy atom. The molecule has 0 fully saturated rings. The Morgan fingerprint density at radius 2 is 1.28 bits per heavy atom. The highest BCUT2D eigenvalue weighted by molar-refractivity contribution is 6.03. The Morgan fingerprint density at radius 1 is 0.944 bits per heavy atom. The highest BCUT2D eigenvalue weighted by atomic mass is 16.2. The zero-order valence-corrected chi connectivity index (χ0v) is 9.91. The third kappa shape index (κ3) is 2.45. The second-order valence-corrected chi connectivity index (χ2v) is 3.40. The fraction of sp³-hybridized carbons (Fsp3) is 0.167. The number of para-hydroxylation sites is 2. The summed E-state index contributed by atoms with van der Waals surface area (Å²) in [6.07, 6.45) is 3.42. The molecule has 0 atom stereocenters. The fourth-order valence-electron chi connectivity index (χ4n) is 1.43. The zero-order valence-electron chi connectivity index (χ0n) is 9.91. The molecule has 90 valence electrons. The number of carbonyl (C=O) groups excluding carboxylic acids is 2. The molecule has 0 unspecified atom stereocenters. The summed E-state index contributed by atoms with van der Waals surface area (Å²) in [5.74, 6) is -0.988. The average molecular weight is 242 g/mol. The van der Waals surface area contributed by atoms with E-state index in [9.17, 15) is 9.59 Å². The van der Waals surface area contributed by atoms with Crippen LogP contribution in [-0.4, -0.2) is 11.8 Å². The molecule has 2 amide bonds. The van der Waals surface area contributed by atoms with E-state index in [1.54, 1.807) is 24.5 Å². The van der Waals surface area contributed by atoms with Gasteiger partial charge in [-0.1, -0.05) is 12.1 Å². The molecule has 1 rings (SSSR count). The Balaban J connectivity index is 3.40. The van der Waals surface area contributed by atoms with Gasteiger partial charge in [0, 0.05) is 13.8 Å². The van der Waals surface area contributed by atoms with Gasteiger partial charge in [-0.15, -0.1) is 0 Å².